The number of rotatable bonds is 39. The number of hydrogen-bond donors (Lipinski definition) is 17. The Morgan fingerprint density at radius 3 is 1.24 bits per heavy atom. The van der Waals surface area contributed by atoms with E-state index in [9.17, 15) is 67.7 Å². The number of primary amides is 2. The van der Waals surface area contributed by atoms with Gasteiger partial charge in [0.15, 0.2) is 11.9 Å². The SMILES string of the molecule is C=C(N[C@@H](CCC(=O)O)C(=O)N[C@@H](CCSC)C(=O)N[C@@H](CCC(N)=O)C(=O)N[C@@H](CCCN=C(N)N)C(=O)N[C@@H](CCCN=C(N)N)C(=O)N[C@@H](C)C(=O)N[C@@H](CC(=O)O)C(N)=O)[C@H](CCC(=O)O)NC(C)=O. The summed E-state index contributed by atoms with van der Waals surface area (Å²) in [6.45, 7) is 6.08. The van der Waals surface area contributed by atoms with Crippen molar-refractivity contribution >= 4 is 94.8 Å². The summed E-state index contributed by atoms with van der Waals surface area (Å²) < 4.78 is 0. The van der Waals surface area contributed by atoms with Crippen molar-refractivity contribution in [2.24, 2.45) is 44.4 Å². The monoisotopic (exact) mass is 1070 g/mol. The fourth-order valence-electron chi connectivity index (χ4n) is 6.48. The first-order valence-electron chi connectivity index (χ1n) is 23.0. The number of nitrogens with zero attached hydrogens (tertiary/aromatic N) is 2. The molecule has 0 aliphatic heterocycles. The zero-order valence-corrected chi connectivity index (χ0v) is 42.3. The fourth-order valence-corrected chi connectivity index (χ4v) is 6.95. The molecule has 0 aromatic rings. The minimum atomic E-state index is -1.64. The average molecular weight is 1070 g/mol. The molecule has 0 aliphatic carbocycles. The Labute approximate surface area is 430 Å². The van der Waals surface area contributed by atoms with Gasteiger partial charge in [0, 0.05) is 45.0 Å². The van der Waals surface area contributed by atoms with Gasteiger partial charge >= 0.3 is 17.9 Å². The van der Waals surface area contributed by atoms with E-state index in [2.05, 4.69) is 59.1 Å². The van der Waals surface area contributed by atoms with Gasteiger partial charge in [0.05, 0.1) is 12.5 Å². The molecule has 0 saturated carbocycles. The van der Waals surface area contributed by atoms with Gasteiger partial charge in [-0.2, -0.15) is 11.8 Å². The number of nitrogens with one attached hydrogen (secondary N) is 8. The Kier molecular flexibility index (Phi) is 31.5. The third kappa shape index (κ3) is 29.4. The average Bonchev–Trinajstić information content (AvgIpc) is 3.29. The Morgan fingerprint density at radius 2 is 0.865 bits per heavy atom. The molecule has 74 heavy (non-hydrogen) atoms. The molecule has 0 aliphatic rings. The van der Waals surface area contributed by atoms with E-state index in [1.807, 2.05) is 0 Å². The predicted octanol–water partition coefficient (Wildman–Crippen LogP) is -6.29. The summed E-state index contributed by atoms with van der Waals surface area (Å²) in [7, 11) is 0. The number of hydrogen-bond acceptors (Lipinski definition) is 16. The van der Waals surface area contributed by atoms with Crippen molar-refractivity contribution < 1.29 is 72.9 Å². The number of thioether (sulfide) groups is 1. The second-order valence-electron chi connectivity index (χ2n) is 16.6. The molecule has 0 unspecified atom stereocenters. The highest BCUT2D eigenvalue weighted by atomic mass is 32.2. The Balaban J connectivity index is 6.92. The molecular formula is C42H72N16O15S. The second kappa shape index (κ2) is 35.2. The van der Waals surface area contributed by atoms with Crippen molar-refractivity contribution in [2.45, 2.75) is 139 Å². The molecule has 8 atom stereocenters. The van der Waals surface area contributed by atoms with Crippen molar-refractivity contribution in [1.29, 1.82) is 0 Å². The number of aliphatic carboxylic acids is 3. The largest absolute Gasteiger partial charge is 0.481 e. The maximum absolute atomic E-state index is 14.1. The molecular weight excluding hydrogens is 1000 g/mol. The van der Waals surface area contributed by atoms with Crippen LogP contribution in [-0.4, -0.2) is 172 Å². The molecule has 0 spiro atoms. The molecule has 0 rings (SSSR count). The minimum absolute atomic E-state index is 0.0297. The quantitative estimate of drug-likeness (QED) is 0.0155. The fraction of sp³-hybridized carbons (Fsp3) is 0.619. The summed E-state index contributed by atoms with van der Waals surface area (Å²) in [5.74, 6) is -12.8. The van der Waals surface area contributed by atoms with Gasteiger partial charge in [0.1, 0.15) is 42.3 Å². The molecule has 32 heteroatoms. The molecule has 0 fully saturated rings. The summed E-state index contributed by atoms with van der Waals surface area (Å²) in [6, 6.07) is -11.6. The molecule has 0 bridgehead atoms. The first-order valence-corrected chi connectivity index (χ1v) is 24.3. The maximum Gasteiger partial charge on any atom is 0.305 e. The number of nitrogens with two attached hydrogens (primary N) is 6. The van der Waals surface area contributed by atoms with E-state index < -0.39 is 152 Å². The smallest absolute Gasteiger partial charge is 0.305 e. The lowest BCUT2D eigenvalue weighted by atomic mass is 10.0. The van der Waals surface area contributed by atoms with Crippen molar-refractivity contribution in [3.63, 3.8) is 0 Å². The van der Waals surface area contributed by atoms with Gasteiger partial charge in [0.2, 0.25) is 53.2 Å². The summed E-state index contributed by atoms with van der Waals surface area (Å²) in [5, 5.41) is 47.5. The molecule has 0 aromatic heterocycles. The number of amides is 9. The van der Waals surface area contributed by atoms with Gasteiger partial charge in [-0.3, -0.25) is 67.5 Å². The van der Waals surface area contributed by atoms with E-state index in [1.165, 1.54) is 18.7 Å². The standard InChI is InChI=1S/C42H72N16O15S/c1-20(23(53-22(3)59)10-13-31(61)62)51-26(11-14-32(63)64)38(71)57-28(15-18-74-4)40(73)56-27(9-12-30(43)60)39(72)55-25(8-6-17-50-42(47)48)37(70)54-24(7-5-16-49-41(45)46)36(69)52-21(2)35(68)58-29(34(44)67)19-33(65)66/h21,23-29,51H,1,5-19H2,2-4H3,(H2,43,60)(H2,44,67)(H,52,69)(H,53,59)(H,54,70)(H,55,72)(H,56,73)(H,57,71)(H,58,68)(H,61,62)(H,63,64)(H,65,66)(H4,45,46,49)(H4,47,48,50)/t21-,23-,24-,25-,26-,27-,28-,29-/m0/s1. The predicted molar refractivity (Wildman–Crippen MR) is 267 cm³/mol. The van der Waals surface area contributed by atoms with E-state index in [4.69, 9.17) is 39.5 Å². The van der Waals surface area contributed by atoms with Crippen molar-refractivity contribution in [1.82, 2.24) is 42.5 Å². The third-order valence-electron chi connectivity index (χ3n) is 10.3. The van der Waals surface area contributed by atoms with Crippen LogP contribution in [0.5, 0.6) is 0 Å². The molecule has 9 amide bonds. The molecule has 416 valence electrons. The van der Waals surface area contributed by atoms with Gasteiger partial charge < -0.3 is 92.3 Å². The first kappa shape index (κ1) is 66.1. The Morgan fingerprint density at radius 1 is 0.486 bits per heavy atom. The molecule has 0 saturated heterocycles. The van der Waals surface area contributed by atoms with E-state index in [0.717, 1.165) is 6.92 Å². The highest BCUT2D eigenvalue weighted by molar-refractivity contribution is 7.98. The van der Waals surface area contributed by atoms with Crippen LogP contribution in [0.15, 0.2) is 22.3 Å². The number of carboxylic acids is 3. The summed E-state index contributed by atoms with van der Waals surface area (Å²) in [4.78, 5) is 160. The number of carbonyl (C=O) groups is 12. The molecule has 23 N–H and O–H groups in total. The van der Waals surface area contributed by atoms with E-state index in [-0.39, 0.29) is 81.4 Å². The molecule has 0 heterocycles. The van der Waals surface area contributed by atoms with Crippen molar-refractivity contribution in [2.75, 3.05) is 25.1 Å². The lowest BCUT2D eigenvalue weighted by Gasteiger charge is -2.28. The van der Waals surface area contributed by atoms with E-state index in [0.29, 0.717) is 0 Å². The molecule has 0 radical (unpaired) electrons. The molecule has 31 nitrogen and oxygen atoms in total. The maximum atomic E-state index is 14.1. The van der Waals surface area contributed by atoms with Crippen LogP contribution < -0.4 is 76.9 Å². The van der Waals surface area contributed by atoms with Crippen LogP contribution in [-0.2, 0) is 57.5 Å². The first-order chi connectivity index (χ1) is 34.6. The summed E-state index contributed by atoms with van der Waals surface area (Å²) in [6.07, 6.45) is -1.98. The van der Waals surface area contributed by atoms with Crippen LogP contribution in [0.1, 0.15) is 90.9 Å². The highest BCUT2D eigenvalue weighted by Gasteiger charge is 2.34. The van der Waals surface area contributed by atoms with Gasteiger partial charge in [-0.05, 0) is 70.3 Å². The van der Waals surface area contributed by atoms with Gasteiger partial charge in [-0.25, -0.2) is 0 Å². The van der Waals surface area contributed by atoms with Crippen molar-refractivity contribution in [3.05, 3.63) is 12.3 Å². The van der Waals surface area contributed by atoms with Crippen LogP contribution in [0.2, 0.25) is 0 Å². The minimum Gasteiger partial charge on any atom is -0.481 e. The Hall–Kier alpha value is -7.93. The van der Waals surface area contributed by atoms with Crippen LogP contribution in [0.4, 0.5) is 0 Å². The normalized spacial score (nSPS) is 13.9. The third-order valence-corrected chi connectivity index (χ3v) is 10.9. The lowest BCUT2D eigenvalue weighted by molar-refractivity contribution is -0.140. The van der Waals surface area contributed by atoms with Gasteiger partial charge in [0.25, 0.3) is 0 Å². The number of carboxylic acid groups (broad SMARTS) is 3. The Bertz CT molecular complexity index is 2070. The second-order valence-corrected chi connectivity index (χ2v) is 17.5. The topological polar surface area (TPSA) is 543 Å². The zero-order valence-electron chi connectivity index (χ0n) is 41.4. The van der Waals surface area contributed by atoms with Crippen LogP contribution >= 0.6 is 11.8 Å². The van der Waals surface area contributed by atoms with Crippen LogP contribution in [0.25, 0.3) is 0 Å². The number of aliphatic imine (C=N–C) groups is 2. The van der Waals surface area contributed by atoms with E-state index >= 15 is 0 Å². The van der Waals surface area contributed by atoms with E-state index in [1.54, 1.807) is 6.26 Å². The highest BCUT2D eigenvalue weighted by Crippen LogP contribution is 2.12. The van der Waals surface area contributed by atoms with Crippen LogP contribution in [0.3, 0.4) is 0 Å². The molecule has 0 aromatic carbocycles. The lowest BCUT2D eigenvalue weighted by Crippen LogP contribution is -2.60. The van der Waals surface area contributed by atoms with Gasteiger partial charge in [-0.1, -0.05) is 6.58 Å². The zero-order chi connectivity index (χ0) is 56.7. The number of carbonyl (C=O) groups excluding carboxylic acids is 9. The number of guanidine groups is 2. The summed E-state index contributed by atoms with van der Waals surface area (Å²) >= 11 is 1.27. The van der Waals surface area contributed by atoms with Crippen LogP contribution in [0, 0.1) is 0 Å². The summed E-state index contributed by atoms with van der Waals surface area (Å²) in [5.41, 5.74) is 32.3. The van der Waals surface area contributed by atoms with Gasteiger partial charge in [-0.15, -0.1) is 0 Å². The van der Waals surface area contributed by atoms with Crippen molar-refractivity contribution in [3.8, 4) is 0 Å².